The molecule has 0 unspecified atom stereocenters. The number of esters is 2. The first-order chi connectivity index (χ1) is 28.7. The Labute approximate surface area is 335 Å². The molecular formula is C46H30N4O9. The summed E-state index contributed by atoms with van der Waals surface area (Å²) in [5.74, 6) is -0.201. The summed E-state index contributed by atoms with van der Waals surface area (Å²) in [5, 5.41) is 24.1. The topological polar surface area (TPSA) is 174 Å². The van der Waals surface area contributed by atoms with Gasteiger partial charge in [-0.25, -0.2) is 19.6 Å². The molecule has 13 nitrogen and oxygen atoms in total. The quantitative estimate of drug-likeness (QED) is 0.0655. The molecule has 8 rings (SSSR count). The molecule has 2 heterocycles. The molecule has 6 aromatic carbocycles. The van der Waals surface area contributed by atoms with Gasteiger partial charge >= 0.3 is 11.9 Å². The van der Waals surface area contributed by atoms with Gasteiger partial charge in [-0.05, 0) is 84.9 Å². The monoisotopic (exact) mass is 782 g/mol. The predicted octanol–water partition coefficient (Wildman–Crippen LogP) is 10.4. The highest BCUT2D eigenvalue weighted by molar-refractivity contribution is 6.05. The maximum Gasteiger partial charge on any atom is 0.339 e. The lowest BCUT2D eigenvalue weighted by Crippen LogP contribution is -2.08. The zero-order valence-electron chi connectivity index (χ0n) is 30.9. The first kappa shape index (κ1) is 37.6. The Kier molecular flexibility index (Phi) is 10.5. The standard InChI is InChI=1S/C46H30N4O9/c51-45(57-27-31-9-1-7-15-43(31)49(53)54)37-25-41(47-39-13-5-3-11-35(37)39)29-17-21-33(22-18-29)59-34-23-19-30(20-24-34)42-26-38(36-12-4-6-14-40(36)48-42)46(52)58-28-32-10-2-8-16-44(32)50(55)56/h1-26H,27-28H2. The number of para-hydroxylation sites is 4. The number of benzene rings is 6. The van der Waals surface area contributed by atoms with Crippen molar-refractivity contribution in [3.63, 3.8) is 0 Å². The summed E-state index contributed by atoms with van der Waals surface area (Å²) in [4.78, 5) is 58.2. The molecule has 0 saturated carbocycles. The molecule has 0 radical (unpaired) electrons. The highest BCUT2D eigenvalue weighted by Gasteiger charge is 2.20. The van der Waals surface area contributed by atoms with Crippen molar-refractivity contribution in [2.45, 2.75) is 13.2 Å². The fraction of sp³-hybridized carbons (Fsp3) is 0.0435. The Morgan fingerprint density at radius 3 is 1.27 bits per heavy atom. The van der Waals surface area contributed by atoms with E-state index in [2.05, 4.69) is 0 Å². The van der Waals surface area contributed by atoms with E-state index in [9.17, 15) is 29.8 Å². The van der Waals surface area contributed by atoms with Gasteiger partial charge in [-0.3, -0.25) is 20.2 Å². The van der Waals surface area contributed by atoms with E-state index in [1.165, 1.54) is 12.1 Å². The van der Waals surface area contributed by atoms with E-state index < -0.39 is 21.8 Å². The van der Waals surface area contributed by atoms with Crippen LogP contribution in [0, 0.1) is 20.2 Å². The van der Waals surface area contributed by atoms with Crippen molar-refractivity contribution in [2.24, 2.45) is 0 Å². The zero-order chi connectivity index (χ0) is 40.9. The number of fused-ring (bicyclic) bond motifs is 2. The van der Waals surface area contributed by atoms with Crippen molar-refractivity contribution in [1.82, 2.24) is 9.97 Å². The SMILES string of the molecule is O=C(OCc1ccccc1[N+](=O)[O-])c1cc(-c2ccc(Oc3ccc(-c4cc(C(=O)OCc5ccccc5[N+](=O)[O-])c5ccccc5n4)cc3)cc2)nc2ccccc12. The molecule has 0 aliphatic rings. The number of nitrogens with zero attached hydrogens (tertiary/aromatic N) is 4. The highest BCUT2D eigenvalue weighted by atomic mass is 16.6. The van der Waals surface area contributed by atoms with Crippen LogP contribution in [-0.4, -0.2) is 31.8 Å². The van der Waals surface area contributed by atoms with Crippen molar-refractivity contribution >= 4 is 45.1 Å². The summed E-state index contributed by atoms with van der Waals surface area (Å²) in [6.07, 6.45) is 0. The lowest BCUT2D eigenvalue weighted by Gasteiger charge is -2.12. The molecule has 13 heteroatoms. The van der Waals surface area contributed by atoms with Crippen molar-refractivity contribution in [3.8, 4) is 34.0 Å². The minimum Gasteiger partial charge on any atom is -0.457 e. The van der Waals surface area contributed by atoms with Crippen LogP contribution >= 0.6 is 0 Å². The summed E-state index contributed by atoms with van der Waals surface area (Å²) in [6, 6.07) is 44.2. The maximum atomic E-state index is 13.4. The Hall–Kier alpha value is -8.32. The van der Waals surface area contributed by atoms with Crippen LogP contribution in [0.4, 0.5) is 11.4 Å². The van der Waals surface area contributed by atoms with Crippen molar-refractivity contribution in [1.29, 1.82) is 0 Å². The molecule has 0 spiro atoms. The molecule has 59 heavy (non-hydrogen) atoms. The van der Waals surface area contributed by atoms with Gasteiger partial charge in [0, 0.05) is 34.0 Å². The van der Waals surface area contributed by atoms with Crippen LogP contribution in [0.5, 0.6) is 11.5 Å². The van der Waals surface area contributed by atoms with Gasteiger partial charge in [0.1, 0.15) is 24.7 Å². The summed E-state index contributed by atoms with van der Waals surface area (Å²) in [6.45, 7) is -0.538. The van der Waals surface area contributed by atoms with Crippen LogP contribution in [-0.2, 0) is 22.7 Å². The number of carbonyl (C=O) groups excluding carboxylic acids is 2. The van der Waals surface area contributed by atoms with Gasteiger partial charge in [-0.15, -0.1) is 0 Å². The van der Waals surface area contributed by atoms with Gasteiger partial charge in [0.05, 0.1) is 54.5 Å². The zero-order valence-corrected chi connectivity index (χ0v) is 30.9. The number of ether oxygens (including phenoxy) is 3. The Morgan fingerprint density at radius 2 is 0.864 bits per heavy atom. The number of rotatable bonds is 12. The minimum absolute atomic E-state index is 0.132. The minimum atomic E-state index is -0.641. The molecular weight excluding hydrogens is 753 g/mol. The summed E-state index contributed by atoms with van der Waals surface area (Å²) in [5.41, 5.74) is 4.45. The summed E-state index contributed by atoms with van der Waals surface area (Å²) < 4.78 is 17.3. The number of carbonyl (C=O) groups is 2. The fourth-order valence-corrected chi connectivity index (χ4v) is 6.57. The number of hydrogen-bond acceptors (Lipinski definition) is 11. The van der Waals surface area contributed by atoms with Crippen LogP contribution in [0.1, 0.15) is 31.8 Å². The second-order valence-corrected chi connectivity index (χ2v) is 13.2. The van der Waals surface area contributed by atoms with E-state index >= 15 is 0 Å². The van der Waals surface area contributed by atoms with Crippen molar-refractivity contribution in [3.05, 3.63) is 200 Å². The Morgan fingerprint density at radius 1 is 0.492 bits per heavy atom. The van der Waals surface area contributed by atoms with Gasteiger partial charge in [-0.1, -0.05) is 60.7 Å². The van der Waals surface area contributed by atoms with Crippen molar-refractivity contribution in [2.75, 3.05) is 0 Å². The third kappa shape index (κ3) is 8.16. The molecule has 2 aromatic heterocycles. The van der Waals surface area contributed by atoms with Gasteiger partial charge in [0.15, 0.2) is 0 Å². The number of nitro benzene ring substituents is 2. The number of aromatic nitrogens is 2. The van der Waals surface area contributed by atoms with E-state index in [-0.39, 0.29) is 46.8 Å². The molecule has 0 aliphatic heterocycles. The largest absolute Gasteiger partial charge is 0.457 e. The highest BCUT2D eigenvalue weighted by Crippen LogP contribution is 2.32. The van der Waals surface area contributed by atoms with E-state index in [0.717, 1.165) is 0 Å². The van der Waals surface area contributed by atoms with Crippen LogP contribution < -0.4 is 4.74 Å². The van der Waals surface area contributed by atoms with Gasteiger partial charge in [-0.2, -0.15) is 0 Å². The molecule has 0 atom stereocenters. The van der Waals surface area contributed by atoms with Gasteiger partial charge in [0.2, 0.25) is 0 Å². The Bertz CT molecular complexity index is 2720. The van der Waals surface area contributed by atoms with E-state index in [0.29, 0.717) is 55.8 Å². The summed E-state index contributed by atoms with van der Waals surface area (Å²) in [7, 11) is 0. The molecule has 0 N–H and O–H groups in total. The Balaban J connectivity index is 0.984. The second kappa shape index (κ2) is 16.4. The van der Waals surface area contributed by atoms with Gasteiger partial charge < -0.3 is 14.2 Å². The van der Waals surface area contributed by atoms with Gasteiger partial charge in [0.25, 0.3) is 11.4 Å². The van der Waals surface area contributed by atoms with Crippen LogP contribution in [0.15, 0.2) is 158 Å². The molecule has 0 saturated heterocycles. The lowest BCUT2D eigenvalue weighted by atomic mass is 10.0. The van der Waals surface area contributed by atoms with E-state index in [1.54, 1.807) is 109 Å². The number of hydrogen-bond donors (Lipinski definition) is 0. The van der Waals surface area contributed by atoms with Crippen LogP contribution in [0.25, 0.3) is 44.3 Å². The first-order valence-electron chi connectivity index (χ1n) is 18.2. The van der Waals surface area contributed by atoms with Crippen molar-refractivity contribution < 1.29 is 33.6 Å². The first-order valence-corrected chi connectivity index (χ1v) is 18.2. The van der Waals surface area contributed by atoms with Crippen LogP contribution in [0.3, 0.4) is 0 Å². The third-order valence-electron chi connectivity index (χ3n) is 9.50. The third-order valence-corrected chi connectivity index (χ3v) is 9.50. The number of pyridine rings is 2. The van der Waals surface area contributed by atoms with Crippen LogP contribution in [0.2, 0.25) is 0 Å². The fourth-order valence-electron chi connectivity index (χ4n) is 6.57. The van der Waals surface area contributed by atoms with E-state index in [4.69, 9.17) is 24.2 Å². The molecule has 0 fully saturated rings. The second-order valence-electron chi connectivity index (χ2n) is 13.2. The molecule has 8 aromatic rings. The normalized spacial score (nSPS) is 10.9. The average Bonchev–Trinajstić information content (AvgIpc) is 3.27. The molecule has 0 aliphatic carbocycles. The summed E-state index contributed by atoms with van der Waals surface area (Å²) >= 11 is 0. The lowest BCUT2D eigenvalue weighted by molar-refractivity contribution is -0.386. The predicted molar refractivity (Wildman–Crippen MR) is 219 cm³/mol. The average molecular weight is 783 g/mol. The molecule has 288 valence electrons. The molecule has 0 bridgehead atoms. The van der Waals surface area contributed by atoms with E-state index in [1.807, 2.05) is 36.4 Å². The molecule has 0 amide bonds. The smallest absolute Gasteiger partial charge is 0.339 e. The maximum absolute atomic E-state index is 13.4. The number of nitro groups is 2.